The lowest BCUT2D eigenvalue weighted by molar-refractivity contribution is 0.102. The van der Waals surface area contributed by atoms with E-state index >= 15 is 0 Å². The van der Waals surface area contributed by atoms with Gasteiger partial charge in [0.2, 0.25) is 0 Å². The number of anilines is 1. The predicted octanol–water partition coefficient (Wildman–Crippen LogP) is 1.07. The van der Waals surface area contributed by atoms with Crippen molar-refractivity contribution in [1.82, 2.24) is 10.2 Å². The molecule has 2 N–H and O–H groups in total. The number of nitrogens with one attached hydrogen (secondary N) is 2. The summed E-state index contributed by atoms with van der Waals surface area (Å²) in [6.07, 6.45) is 2.60. The number of hydrogen-bond acceptors (Lipinski definition) is 4. The van der Waals surface area contributed by atoms with Crippen molar-refractivity contribution in [2.75, 3.05) is 11.6 Å². The number of aromatic nitrogens is 2. The lowest BCUT2D eigenvalue weighted by Crippen LogP contribution is -2.12. The maximum atomic E-state index is 11.7. The Morgan fingerprint density at radius 3 is 2.39 bits per heavy atom. The van der Waals surface area contributed by atoms with Crippen molar-refractivity contribution in [2.24, 2.45) is 0 Å². The van der Waals surface area contributed by atoms with Gasteiger partial charge in [0.25, 0.3) is 5.91 Å². The Labute approximate surface area is 104 Å². The van der Waals surface area contributed by atoms with E-state index in [0.717, 1.165) is 6.26 Å². The summed E-state index contributed by atoms with van der Waals surface area (Å²) in [5.74, 6) is -0.334. The highest BCUT2D eigenvalue weighted by Gasteiger charge is 2.09. The molecular formula is C11H11N3O3S. The number of amides is 1. The van der Waals surface area contributed by atoms with Crippen LogP contribution in [0.25, 0.3) is 0 Å². The minimum Gasteiger partial charge on any atom is -0.321 e. The Morgan fingerprint density at radius 2 is 1.89 bits per heavy atom. The van der Waals surface area contributed by atoms with Gasteiger partial charge in [-0.25, -0.2) is 8.42 Å². The van der Waals surface area contributed by atoms with Crippen LogP contribution in [0, 0.1) is 0 Å². The normalized spacial score (nSPS) is 11.2. The van der Waals surface area contributed by atoms with Crippen molar-refractivity contribution in [2.45, 2.75) is 4.90 Å². The first-order chi connectivity index (χ1) is 8.47. The number of hydrogen-bond donors (Lipinski definition) is 2. The average Bonchev–Trinajstić information content (AvgIpc) is 2.82. The average molecular weight is 265 g/mol. The molecule has 0 spiro atoms. The molecule has 18 heavy (non-hydrogen) atoms. The summed E-state index contributed by atoms with van der Waals surface area (Å²) >= 11 is 0. The summed E-state index contributed by atoms with van der Waals surface area (Å²) < 4.78 is 22.5. The second kappa shape index (κ2) is 4.61. The third-order valence-corrected chi connectivity index (χ3v) is 3.41. The van der Waals surface area contributed by atoms with Gasteiger partial charge in [-0.3, -0.25) is 9.89 Å². The van der Waals surface area contributed by atoms with Gasteiger partial charge >= 0.3 is 0 Å². The zero-order valence-electron chi connectivity index (χ0n) is 9.54. The van der Waals surface area contributed by atoms with E-state index in [1.54, 1.807) is 6.07 Å². The molecule has 1 heterocycles. The summed E-state index contributed by atoms with van der Waals surface area (Å²) in [6.45, 7) is 0. The van der Waals surface area contributed by atoms with Gasteiger partial charge in [-0.2, -0.15) is 5.10 Å². The second-order valence-corrected chi connectivity index (χ2v) is 5.74. The molecule has 0 aliphatic heterocycles. The molecule has 0 saturated heterocycles. The fourth-order valence-electron chi connectivity index (χ4n) is 1.37. The van der Waals surface area contributed by atoms with E-state index in [2.05, 4.69) is 15.5 Å². The Morgan fingerprint density at radius 1 is 1.22 bits per heavy atom. The van der Waals surface area contributed by atoms with Crippen molar-refractivity contribution < 1.29 is 13.2 Å². The SMILES string of the molecule is CS(=O)(=O)c1ccc(NC(=O)c2ccn[nH]2)cc1. The molecule has 2 aromatic rings. The van der Waals surface area contributed by atoms with Crippen LogP contribution >= 0.6 is 0 Å². The summed E-state index contributed by atoms with van der Waals surface area (Å²) in [4.78, 5) is 11.9. The van der Waals surface area contributed by atoms with Crippen LogP contribution in [0.15, 0.2) is 41.4 Å². The van der Waals surface area contributed by atoms with E-state index < -0.39 is 9.84 Å². The number of rotatable bonds is 3. The highest BCUT2D eigenvalue weighted by atomic mass is 32.2. The van der Waals surface area contributed by atoms with E-state index in [0.29, 0.717) is 11.4 Å². The topological polar surface area (TPSA) is 91.9 Å². The molecule has 6 nitrogen and oxygen atoms in total. The summed E-state index contributed by atoms with van der Waals surface area (Å²) in [5.41, 5.74) is 0.851. The lowest BCUT2D eigenvalue weighted by atomic mass is 10.3. The number of nitrogens with zero attached hydrogens (tertiary/aromatic N) is 1. The van der Waals surface area contributed by atoms with E-state index in [9.17, 15) is 13.2 Å². The molecule has 0 atom stereocenters. The molecule has 7 heteroatoms. The van der Waals surface area contributed by atoms with Crippen LogP contribution in [-0.2, 0) is 9.84 Å². The molecule has 0 saturated carbocycles. The van der Waals surface area contributed by atoms with Crippen LogP contribution in [0.2, 0.25) is 0 Å². The number of carbonyl (C=O) groups is 1. The van der Waals surface area contributed by atoms with Crippen LogP contribution in [0.4, 0.5) is 5.69 Å². The first-order valence-corrected chi connectivity index (χ1v) is 6.97. The molecule has 0 fully saturated rings. The van der Waals surface area contributed by atoms with E-state index in [-0.39, 0.29) is 10.8 Å². The summed E-state index contributed by atoms with van der Waals surface area (Å²) in [5, 5.41) is 8.82. The van der Waals surface area contributed by atoms with Gasteiger partial charge in [0.1, 0.15) is 5.69 Å². The summed E-state index contributed by atoms with van der Waals surface area (Å²) in [7, 11) is -3.22. The highest BCUT2D eigenvalue weighted by Crippen LogP contribution is 2.14. The fourth-order valence-corrected chi connectivity index (χ4v) is 2.00. The molecule has 0 aliphatic rings. The molecule has 0 radical (unpaired) electrons. The molecule has 1 aromatic heterocycles. The minimum atomic E-state index is -3.22. The number of carbonyl (C=O) groups excluding carboxylic acids is 1. The van der Waals surface area contributed by atoms with Crippen LogP contribution in [0.1, 0.15) is 10.5 Å². The zero-order valence-corrected chi connectivity index (χ0v) is 10.4. The van der Waals surface area contributed by atoms with Crippen LogP contribution in [0.3, 0.4) is 0 Å². The quantitative estimate of drug-likeness (QED) is 0.868. The van der Waals surface area contributed by atoms with Crippen LogP contribution in [-0.4, -0.2) is 30.8 Å². The third-order valence-electron chi connectivity index (χ3n) is 2.29. The zero-order chi connectivity index (χ0) is 13.2. The van der Waals surface area contributed by atoms with Crippen molar-refractivity contribution in [3.63, 3.8) is 0 Å². The van der Waals surface area contributed by atoms with Crippen molar-refractivity contribution in [1.29, 1.82) is 0 Å². The number of sulfone groups is 1. The lowest BCUT2D eigenvalue weighted by Gasteiger charge is -2.04. The first-order valence-electron chi connectivity index (χ1n) is 5.08. The Kier molecular flexibility index (Phi) is 3.15. The molecule has 94 valence electrons. The van der Waals surface area contributed by atoms with Gasteiger partial charge in [0.05, 0.1) is 4.90 Å². The van der Waals surface area contributed by atoms with Gasteiger partial charge in [-0.15, -0.1) is 0 Å². The van der Waals surface area contributed by atoms with Crippen LogP contribution in [0.5, 0.6) is 0 Å². The summed E-state index contributed by atoms with van der Waals surface area (Å²) in [6, 6.07) is 7.49. The number of benzene rings is 1. The van der Waals surface area contributed by atoms with E-state index in [4.69, 9.17) is 0 Å². The van der Waals surface area contributed by atoms with Gasteiger partial charge in [-0.05, 0) is 30.3 Å². The minimum absolute atomic E-state index is 0.210. The fraction of sp³-hybridized carbons (Fsp3) is 0.0909. The molecular weight excluding hydrogens is 254 g/mol. The smallest absolute Gasteiger partial charge is 0.273 e. The molecule has 0 bridgehead atoms. The molecule has 2 rings (SSSR count). The number of aromatic amines is 1. The van der Waals surface area contributed by atoms with E-state index in [1.165, 1.54) is 30.5 Å². The van der Waals surface area contributed by atoms with Crippen molar-refractivity contribution in [3.05, 3.63) is 42.2 Å². The van der Waals surface area contributed by atoms with Gasteiger partial charge in [0, 0.05) is 18.1 Å². The van der Waals surface area contributed by atoms with Crippen LogP contribution < -0.4 is 5.32 Å². The molecule has 1 aromatic carbocycles. The predicted molar refractivity (Wildman–Crippen MR) is 66.1 cm³/mol. The second-order valence-electron chi connectivity index (χ2n) is 3.72. The monoisotopic (exact) mass is 265 g/mol. The maximum Gasteiger partial charge on any atom is 0.273 e. The number of H-pyrrole nitrogens is 1. The molecule has 0 unspecified atom stereocenters. The first kappa shape index (κ1) is 12.3. The standard InChI is InChI=1S/C11H11N3O3S/c1-18(16,17)9-4-2-8(3-5-9)13-11(15)10-6-7-12-14-10/h2-7H,1H3,(H,12,14)(H,13,15). The van der Waals surface area contributed by atoms with Gasteiger partial charge < -0.3 is 5.32 Å². The van der Waals surface area contributed by atoms with E-state index in [1.807, 2.05) is 0 Å². The third kappa shape index (κ3) is 2.75. The van der Waals surface area contributed by atoms with Crippen molar-refractivity contribution >= 4 is 21.4 Å². The Balaban J connectivity index is 2.14. The molecule has 0 aliphatic carbocycles. The maximum absolute atomic E-state index is 11.7. The highest BCUT2D eigenvalue weighted by molar-refractivity contribution is 7.90. The van der Waals surface area contributed by atoms with Gasteiger partial charge in [-0.1, -0.05) is 0 Å². The largest absolute Gasteiger partial charge is 0.321 e. The Hall–Kier alpha value is -2.15. The Bertz CT molecular complexity index is 645. The van der Waals surface area contributed by atoms with Gasteiger partial charge in [0.15, 0.2) is 9.84 Å². The molecule has 1 amide bonds. The van der Waals surface area contributed by atoms with Crippen molar-refractivity contribution in [3.8, 4) is 0 Å².